The van der Waals surface area contributed by atoms with Gasteiger partial charge in [0.05, 0.1) is 26.0 Å². The third-order valence-corrected chi connectivity index (χ3v) is 3.64. The zero-order chi connectivity index (χ0) is 16.9. The standard InChI is InChI=1S/C18H17N3O3/c1-23-13-8-7-12(17(9-13)24-2)10-20-21-18(22)15-11-19-16-6-4-3-5-14(15)16/h3-11,19H,1-2H3,(H,21,22). The molecule has 0 aliphatic rings. The van der Waals surface area contributed by atoms with Gasteiger partial charge in [-0.3, -0.25) is 4.79 Å². The van der Waals surface area contributed by atoms with Crippen LogP contribution in [0.2, 0.25) is 0 Å². The average molecular weight is 323 g/mol. The highest BCUT2D eigenvalue weighted by molar-refractivity contribution is 6.06. The number of carbonyl (C=O) groups is 1. The molecule has 1 heterocycles. The van der Waals surface area contributed by atoms with Gasteiger partial charge in [0.2, 0.25) is 0 Å². The molecule has 3 aromatic rings. The number of methoxy groups -OCH3 is 2. The molecule has 0 atom stereocenters. The molecule has 1 amide bonds. The van der Waals surface area contributed by atoms with E-state index in [2.05, 4.69) is 15.5 Å². The van der Waals surface area contributed by atoms with Crippen molar-refractivity contribution >= 4 is 23.0 Å². The number of ether oxygens (including phenoxy) is 2. The minimum absolute atomic E-state index is 0.281. The Kier molecular flexibility index (Phi) is 4.47. The van der Waals surface area contributed by atoms with E-state index in [9.17, 15) is 4.79 Å². The summed E-state index contributed by atoms with van der Waals surface area (Å²) in [6, 6.07) is 13.0. The van der Waals surface area contributed by atoms with Gasteiger partial charge in [-0.05, 0) is 18.2 Å². The summed E-state index contributed by atoms with van der Waals surface area (Å²) < 4.78 is 10.4. The molecule has 0 saturated carbocycles. The summed E-state index contributed by atoms with van der Waals surface area (Å²) in [7, 11) is 3.15. The predicted molar refractivity (Wildman–Crippen MR) is 92.9 cm³/mol. The van der Waals surface area contributed by atoms with Gasteiger partial charge in [-0.1, -0.05) is 18.2 Å². The van der Waals surface area contributed by atoms with Crippen LogP contribution in [0.15, 0.2) is 53.8 Å². The first-order valence-electron chi connectivity index (χ1n) is 7.34. The van der Waals surface area contributed by atoms with Crippen molar-refractivity contribution in [2.75, 3.05) is 14.2 Å². The van der Waals surface area contributed by atoms with Crippen LogP contribution < -0.4 is 14.9 Å². The lowest BCUT2D eigenvalue weighted by atomic mass is 10.2. The number of hydrogen-bond donors (Lipinski definition) is 2. The van der Waals surface area contributed by atoms with Crippen LogP contribution in [0.5, 0.6) is 11.5 Å². The molecule has 2 N–H and O–H groups in total. The number of aromatic amines is 1. The Labute approximate surface area is 139 Å². The molecule has 0 fully saturated rings. The number of amides is 1. The summed E-state index contributed by atoms with van der Waals surface area (Å²) in [4.78, 5) is 15.3. The molecular formula is C18H17N3O3. The van der Waals surface area contributed by atoms with E-state index >= 15 is 0 Å². The number of fused-ring (bicyclic) bond motifs is 1. The lowest BCUT2D eigenvalue weighted by Gasteiger charge is -2.06. The molecule has 0 bridgehead atoms. The van der Waals surface area contributed by atoms with Crippen molar-refractivity contribution in [3.8, 4) is 11.5 Å². The summed E-state index contributed by atoms with van der Waals surface area (Å²) in [5.74, 6) is 1.02. The van der Waals surface area contributed by atoms with Crippen LogP contribution in [0.3, 0.4) is 0 Å². The van der Waals surface area contributed by atoms with Crippen molar-refractivity contribution in [2.24, 2.45) is 5.10 Å². The molecule has 6 heteroatoms. The lowest BCUT2D eigenvalue weighted by Crippen LogP contribution is -2.17. The number of hydrazone groups is 1. The zero-order valence-electron chi connectivity index (χ0n) is 13.4. The Balaban J connectivity index is 1.75. The van der Waals surface area contributed by atoms with E-state index in [1.54, 1.807) is 38.6 Å². The van der Waals surface area contributed by atoms with E-state index in [1.807, 2.05) is 24.3 Å². The molecule has 0 aliphatic carbocycles. The maximum Gasteiger partial charge on any atom is 0.273 e. The minimum Gasteiger partial charge on any atom is -0.497 e. The fraction of sp³-hybridized carbons (Fsp3) is 0.111. The first-order valence-corrected chi connectivity index (χ1v) is 7.34. The third-order valence-electron chi connectivity index (χ3n) is 3.64. The molecule has 6 nitrogen and oxygen atoms in total. The largest absolute Gasteiger partial charge is 0.497 e. The molecule has 0 unspecified atom stereocenters. The predicted octanol–water partition coefficient (Wildman–Crippen LogP) is 2.95. The van der Waals surface area contributed by atoms with E-state index in [0.29, 0.717) is 17.1 Å². The van der Waals surface area contributed by atoms with Gasteiger partial charge in [0.15, 0.2) is 0 Å². The highest BCUT2D eigenvalue weighted by Crippen LogP contribution is 2.23. The highest BCUT2D eigenvalue weighted by atomic mass is 16.5. The van der Waals surface area contributed by atoms with Gasteiger partial charge in [0, 0.05) is 28.7 Å². The second kappa shape index (κ2) is 6.87. The van der Waals surface area contributed by atoms with E-state index in [1.165, 1.54) is 6.21 Å². The Bertz CT molecular complexity index is 899. The fourth-order valence-electron chi connectivity index (χ4n) is 2.41. The number of benzene rings is 2. The van der Waals surface area contributed by atoms with Crippen LogP contribution >= 0.6 is 0 Å². The van der Waals surface area contributed by atoms with Gasteiger partial charge in [0.25, 0.3) is 5.91 Å². The number of carbonyl (C=O) groups excluding carboxylic acids is 1. The second-order valence-corrected chi connectivity index (χ2v) is 5.05. The van der Waals surface area contributed by atoms with Gasteiger partial charge in [0.1, 0.15) is 11.5 Å². The number of hydrogen-bond acceptors (Lipinski definition) is 4. The third kappa shape index (κ3) is 3.08. The Hall–Kier alpha value is -3.28. The number of nitrogens with zero attached hydrogens (tertiary/aromatic N) is 1. The molecular weight excluding hydrogens is 306 g/mol. The van der Waals surface area contributed by atoms with Crippen LogP contribution in [0.25, 0.3) is 10.9 Å². The summed E-state index contributed by atoms with van der Waals surface area (Å²) in [5.41, 5.74) is 4.71. The van der Waals surface area contributed by atoms with Crippen LogP contribution in [-0.4, -0.2) is 31.3 Å². The highest BCUT2D eigenvalue weighted by Gasteiger charge is 2.10. The Morgan fingerprint density at radius 2 is 2.00 bits per heavy atom. The molecule has 0 spiro atoms. The normalized spacial score (nSPS) is 10.9. The second-order valence-electron chi connectivity index (χ2n) is 5.05. The van der Waals surface area contributed by atoms with E-state index in [-0.39, 0.29) is 5.91 Å². The van der Waals surface area contributed by atoms with Crippen molar-refractivity contribution in [1.29, 1.82) is 0 Å². The molecule has 3 rings (SSSR count). The first-order chi connectivity index (χ1) is 11.7. The molecule has 0 radical (unpaired) electrons. The quantitative estimate of drug-likeness (QED) is 0.560. The van der Waals surface area contributed by atoms with E-state index < -0.39 is 0 Å². The lowest BCUT2D eigenvalue weighted by molar-refractivity contribution is 0.0957. The van der Waals surface area contributed by atoms with Gasteiger partial charge in [-0.25, -0.2) is 5.43 Å². The monoisotopic (exact) mass is 323 g/mol. The van der Waals surface area contributed by atoms with Crippen molar-refractivity contribution in [2.45, 2.75) is 0 Å². The minimum atomic E-state index is -0.281. The number of H-pyrrole nitrogens is 1. The van der Waals surface area contributed by atoms with E-state index in [0.717, 1.165) is 16.5 Å². The van der Waals surface area contributed by atoms with Crippen LogP contribution in [0.4, 0.5) is 0 Å². The van der Waals surface area contributed by atoms with Gasteiger partial charge < -0.3 is 14.5 Å². The summed E-state index contributed by atoms with van der Waals surface area (Å²) in [6.45, 7) is 0. The molecule has 1 aromatic heterocycles. The Morgan fingerprint density at radius 3 is 2.79 bits per heavy atom. The van der Waals surface area contributed by atoms with E-state index in [4.69, 9.17) is 9.47 Å². The first kappa shape index (κ1) is 15.6. The zero-order valence-corrected chi connectivity index (χ0v) is 13.4. The van der Waals surface area contributed by atoms with Crippen molar-refractivity contribution in [1.82, 2.24) is 10.4 Å². The number of para-hydroxylation sites is 1. The van der Waals surface area contributed by atoms with Crippen molar-refractivity contribution in [3.05, 3.63) is 59.8 Å². The molecule has 0 aliphatic heterocycles. The summed E-state index contributed by atoms with van der Waals surface area (Å²) in [5, 5.41) is 4.86. The molecule has 2 aromatic carbocycles. The number of nitrogens with one attached hydrogen (secondary N) is 2. The van der Waals surface area contributed by atoms with Crippen molar-refractivity contribution < 1.29 is 14.3 Å². The SMILES string of the molecule is COc1ccc(C=NNC(=O)c2c[nH]c3ccccc23)c(OC)c1. The number of rotatable bonds is 5. The maximum absolute atomic E-state index is 12.3. The maximum atomic E-state index is 12.3. The van der Waals surface area contributed by atoms with Gasteiger partial charge in [-0.2, -0.15) is 5.10 Å². The molecule has 122 valence electrons. The Morgan fingerprint density at radius 1 is 1.17 bits per heavy atom. The summed E-state index contributed by atoms with van der Waals surface area (Å²) >= 11 is 0. The topological polar surface area (TPSA) is 75.7 Å². The van der Waals surface area contributed by atoms with Crippen LogP contribution in [-0.2, 0) is 0 Å². The molecule has 24 heavy (non-hydrogen) atoms. The smallest absolute Gasteiger partial charge is 0.273 e. The number of aromatic nitrogens is 1. The van der Waals surface area contributed by atoms with Gasteiger partial charge in [-0.15, -0.1) is 0 Å². The summed E-state index contributed by atoms with van der Waals surface area (Å²) in [6.07, 6.45) is 3.20. The van der Waals surface area contributed by atoms with Crippen molar-refractivity contribution in [3.63, 3.8) is 0 Å². The molecule has 0 saturated heterocycles. The van der Waals surface area contributed by atoms with Crippen LogP contribution in [0, 0.1) is 0 Å². The fourth-order valence-corrected chi connectivity index (χ4v) is 2.41. The van der Waals surface area contributed by atoms with Gasteiger partial charge >= 0.3 is 0 Å². The van der Waals surface area contributed by atoms with Crippen LogP contribution in [0.1, 0.15) is 15.9 Å². The average Bonchev–Trinajstić information content (AvgIpc) is 3.06.